The van der Waals surface area contributed by atoms with Gasteiger partial charge in [0.25, 0.3) is 0 Å². The minimum absolute atomic E-state index is 0.331. The molecule has 0 saturated carbocycles. The molecule has 5 heteroatoms. The third kappa shape index (κ3) is 3.08. The summed E-state index contributed by atoms with van der Waals surface area (Å²) in [7, 11) is 0. The fourth-order valence-electron chi connectivity index (χ4n) is 3.30. The minimum atomic E-state index is 0.331. The molecular formula is C19H20N4O. The average molecular weight is 320 g/mol. The first-order valence-electron chi connectivity index (χ1n) is 8.35. The third-order valence-corrected chi connectivity index (χ3v) is 4.45. The fraction of sp³-hybridized carbons (Fsp3) is 0.316. The Bertz CT molecular complexity index is 815. The summed E-state index contributed by atoms with van der Waals surface area (Å²) in [5, 5.41) is 4.11. The molecule has 4 rings (SSSR count). The molecule has 0 bridgehead atoms. The maximum Gasteiger partial charge on any atom is 0.241 e. The van der Waals surface area contributed by atoms with E-state index in [1.807, 2.05) is 43.3 Å². The van der Waals surface area contributed by atoms with Crippen LogP contribution in [0.15, 0.2) is 53.1 Å². The quantitative estimate of drug-likeness (QED) is 0.732. The van der Waals surface area contributed by atoms with E-state index in [-0.39, 0.29) is 0 Å². The van der Waals surface area contributed by atoms with E-state index in [9.17, 15) is 0 Å². The van der Waals surface area contributed by atoms with Crippen LogP contribution in [0.2, 0.25) is 0 Å². The molecule has 1 fully saturated rings. The Morgan fingerprint density at radius 1 is 1.08 bits per heavy atom. The van der Waals surface area contributed by atoms with Gasteiger partial charge >= 0.3 is 0 Å². The lowest BCUT2D eigenvalue weighted by molar-refractivity contribution is 0.209. The lowest BCUT2D eigenvalue weighted by atomic mass is 10.1. The Hall–Kier alpha value is -2.53. The first-order chi connectivity index (χ1) is 11.8. The Kier molecular flexibility index (Phi) is 4.09. The normalized spacial score (nSPS) is 18.1. The first-order valence-corrected chi connectivity index (χ1v) is 8.35. The van der Waals surface area contributed by atoms with Crippen molar-refractivity contribution in [2.75, 3.05) is 6.54 Å². The molecule has 0 N–H and O–H groups in total. The maximum absolute atomic E-state index is 5.47. The average Bonchev–Trinajstić information content (AvgIpc) is 3.26. The molecule has 0 amide bonds. The zero-order valence-corrected chi connectivity index (χ0v) is 13.7. The molecule has 0 spiro atoms. The lowest BCUT2D eigenvalue weighted by Crippen LogP contribution is -2.23. The minimum Gasteiger partial charge on any atom is -0.338 e. The van der Waals surface area contributed by atoms with E-state index in [2.05, 4.69) is 27.2 Å². The smallest absolute Gasteiger partial charge is 0.241 e. The van der Waals surface area contributed by atoms with Gasteiger partial charge in [0.1, 0.15) is 0 Å². The molecule has 0 aliphatic carbocycles. The van der Waals surface area contributed by atoms with Crippen molar-refractivity contribution in [3.05, 3.63) is 65.8 Å². The van der Waals surface area contributed by atoms with Crippen LogP contribution >= 0.6 is 0 Å². The van der Waals surface area contributed by atoms with E-state index < -0.39 is 0 Å². The summed E-state index contributed by atoms with van der Waals surface area (Å²) >= 11 is 0. The van der Waals surface area contributed by atoms with Crippen LogP contribution in [0.25, 0.3) is 11.4 Å². The molecule has 1 aliphatic rings. The van der Waals surface area contributed by atoms with Gasteiger partial charge in [0.15, 0.2) is 0 Å². The predicted octanol–water partition coefficient (Wildman–Crippen LogP) is 3.78. The number of aromatic nitrogens is 3. The summed E-state index contributed by atoms with van der Waals surface area (Å²) in [4.78, 5) is 11.6. The van der Waals surface area contributed by atoms with Crippen molar-refractivity contribution in [1.82, 2.24) is 20.0 Å². The number of aryl methyl sites for hydroxylation is 1. The van der Waals surface area contributed by atoms with Crippen molar-refractivity contribution >= 4 is 0 Å². The van der Waals surface area contributed by atoms with Crippen LogP contribution in [0, 0.1) is 6.92 Å². The molecule has 3 aromatic rings. The second kappa shape index (κ2) is 6.53. The van der Waals surface area contributed by atoms with Crippen LogP contribution in [-0.4, -0.2) is 26.6 Å². The number of hydrogen-bond donors (Lipinski definition) is 0. The van der Waals surface area contributed by atoms with E-state index in [0.717, 1.165) is 29.9 Å². The Labute approximate surface area is 141 Å². The van der Waals surface area contributed by atoms with Crippen molar-refractivity contribution in [1.29, 1.82) is 0 Å². The molecule has 1 aliphatic heterocycles. The van der Waals surface area contributed by atoms with Crippen LogP contribution in [-0.2, 0) is 6.54 Å². The molecular weight excluding hydrogens is 300 g/mol. The van der Waals surface area contributed by atoms with Gasteiger partial charge in [0.05, 0.1) is 18.3 Å². The van der Waals surface area contributed by atoms with E-state index in [1.54, 1.807) is 0 Å². The highest BCUT2D eigenvalue weighted by Crippen LogP contribution is 2.32. The van der Waals surface area contributed by atoms with Crippen LogP contribution in [0.5, 0.6) is 0 Å². The predicted molar refractivity (Wildman–Crippen MR) is 91.1 cm³/mol. The molecule has 3 heterocycles. The number of hydrogen-bond acceptors (Lipinski definition) is 5. The summed E-state index contributed by atoms with van der Waals surface area (Å²) in [6.07, 6.45) is 2.29. The van der Waals surface area contributed by atoms with Gasteiger partial charge in [-0.15, -0.1) is 0 Å². The Balaban J connectivity index is 1.51. The maximum atomic E-state index is 5.47. The Morgan fingerprint density at radius 2 is 1.96 bits per heavy atom. The first kappa shape index (κ1) is 15.0. The van der Waals surface area contributed by atoms with E-state index in [1.165, 1.54) is 6.42 Å². The Morgan fingerprint density at radius 3 is 2.79 bits per heavy atom. The topological polar surface area (TPSA) is 55.1 Å². The van der Waals surface area contributed by atoms with Gasteiger partial charge in [-0.1, -0.05) is 41.6 Å². The number of rotatable bonds is 4. The van der Waals surface area contributed by atoms with Gasteiger partial charge in [-0.2, -0.15) is 4.98 Å². The van der Waals surface area contributed by atoms with Gasteiger partial charge in [-0.25, -0.2) is 0 Å². The van der Waals surface area contributed by atoms with Gasteiger partial charge in [0, 0.05) is 11.3 Å². The van der Waals surface area contributed by atoms with Gasteiger partial charge in [-0.3, -0.25) is 9.88 Å². The van der Waals surface area contributed by atoms with Crippen molar-refractivity contribution in [2.24, 2.45) is 0 Å². The van der Waals surface area contributed by atoms with Crippen molar-refractivity contribution in [3.8, 4) is 11.4 Å². The van der Waals surface area contributed by atoms with Crippen LogP contribution < -0.4 is 0 Å². The van der Waals surface area contributed by atoms with E-state index in [0.29, 0.717) is 24.3 Å². The fourth-order valence-corrected chi connectivity index (χ4v) is 3.30. The molecule has 1 aromatic carbocycles. The number of likely N-dealkylation sites (tertiary alicyclic amines) is 1. The highest BCUT2D eigenvalue weighted by atomic mass is 16.5. The summed E-state index contributed by atoms with van der Waals surface area (Å²) in [6, 6.07) is 16.5. The number of pyridine rings is 1. The molecule has 1 unspecified atom stereocenters. The monoisotopic (exact) mass is 320 g/mol. The molecule has 1 atom stereocenters. The largest absolute Gasteiger partial charge is 0.338 e. The zero-order chi connectivity index (χ0) is 16.4. The molecule has 5 nitrogen and oxygen atoms in total. The lowest BCUT2D eigenvalue weighted by Gasteiger charge is -2.22. The summed E-state index contributed by atoms with van der Waals surface area (Å²) in [5.41, 5.74) is 3.17. The van der Waals surface area contributed by atoms with Crippen molar-refractivity contribution in [2.45, 2.75) is 32.4 Å². The summed E-state index contributed by atoms with van der Waals surface area (Å²) in [5.74, 6) is 1.31. The van der Waals surface area contributed by atoms with Crippen LogP contribution in [0.3, 0.4) is 0 Å². The number of benzene rings is 1. The van der Waals surface area contributed by atoms with Gasteiger partial charge in [-0.05, 0) is 38.4 Å². The standard InChI is InChI=1S/C19H20N4O/c1-14-7-5-10-16(20-14)17-11-6-12-23(17)13-18-21-19(22-24-18)15-8-3-2-4-9-15/h2-5,7-10,17H,6,11-13H2,1H3. The highest BCUT2D eigenvalue weighted by Gasteiger charge is 2.28. The highest BCUT2D eigenvalue weighted by molar-refractivity contribution is 5.53. The third-order valence-electron chi connectivity index (χ3n) is 4.45. The van der Waals surface area contributed by atoms with Crippen molar-refractivity contribution in [3.63, 3.8) is 0 Å². The molecule has 122 valence electrons. The molecule has 1 saturated heterocycles. The zero-order valence-electron chi connectivity index (χ0n) is 13.7. The van der Waals surface area contributed by atoms with Crippen LogP contribution in [0.4, 0.5) is 0 Å². The second-order valence-corrected chi connectivity index (χ2v) is 6.21. The molecule has 2 aromatic heterocycles. The summed E-state index contributed by atoms with van der Waals surface area (Å²) in [6.45, 7) is 3.73. The van der Waals surface area contributed by atoms with Gasteiger partial charge in [0.2, 0.25) is 11.7 Å². The SMILES string of the molecule is Cc1cccc(C2CCCN2Cc2nc(-c3ccccc3)no2)n1. The number of nitrogens with zero attached hydrogens (tertiary/aromatic N) is 4. The summed E-state index contributed by atoms with van der Waals surface area (Å²) < 4.78 is 5.47. The van der Waals surface area contributed by atoms with Gasteiger partial charge < -0.3 is 4.52 Å². The molecule has 24 heavy (non-hydrogen) atoms. The molecule has 0 radical (unpaired) electrons. The second-order valence-electron chi connectivity index (χ2n) is 6.21. The van der Waals surface area contributed by atoms with E-state index in [4.69, 9.17) is 9.51 Å². The van der Waals surface area contributed by atoms with Crippen LogP contribution in [0.1, 0.15) is 36.2 Å². The van der Waals surface area contributed by atoms with Crippen molar-refractivity contribution < 1.29 is 4.52 Å². The van der Waals surface area contributed by atoms with E-state index >= 15 is 0 Å².